The first-order valence-corrected chi connectivity index (χ1v) is 6.31. The van der Waals surface area contributed by atoms with Crippen LogP contribution in [0.4, 0.5) is 0 Å². The number of ether oxygens (including phenoxy) is 1. The summed E-state index contributed by atoms with van der Waals surface area (Å²) in [6.07, 6.45) is 5.59. The summed E-state index contributed by atoms with van der Waals surface area (Å²) in [6.45, 7) is 2.18. The summed E-state index contributed by atoms with van der Waals surface area (Å²) in [7, 11) is 3.87. The van der Waals surface area contributed by atoms with Crippen molar-refractivity contribution >= 4 is 16.5 Å². The van der Waals surface area contributed by atoms with Gasteiger partial charge in [-0.3, -0.25) is 0 Å². The number of likely N-dealkylation sites (N-methyl/N-ethyl adjacent to an activating group) is 1. The van der Waals surface area contributed by atoms with Crippen LogP contribution in [0.5, 0.6) is 5.75 Å². The maximum atomic E-state index is 5.25. The predicted molar refractivity (Wildman–Crippen MR) is 74.9 cm³/mol. The molecule has 0 saturated carbocycles. The molecule has 1 aromatic heterocycles. The summed E-state index contributed by atoms with van der Waals surface area (Å²) < 4.78 is 5.25. The summed E-state index contributed by atoms with van der Waals surface area (Å²) in [5, 5.41) is 1.28. The average Bonchev–Trinajstić information content (AvgIpc) is 2.81. The van der Waals surface area contributed by atoms with Gasteiger partial charge >= 0.3 is 0 Å². The molecule has 0 atom stereocenters. The van der Waals surface area contributed by atoms with E-state index in [2.05, 4.69) is 35.3 Å². The molecule has 0 amide bonds. The van der Waals surface area contributed by atoms with Gasteiger partial charge in [0.25, 0.3) is 0 Å². The van der Waals surface area contributed by atoms with Gasteiger partial charge in [0.1, 0.15) is 5.75 Å². The van der Waals surface area contributed by atoms with Gasteiger partial charge in [0.05, 0.1) is 7.11 Å². The van der Waals surface area contributed by atoms with Crippen LogP contribution >= 0.6 is 0 Å². The highest BCUT2D eigenvalue weighted by Gasteiger charge is 2.14. The van der Waals surface area contributed by atoms with Crippen molar-refractivity contribution in [2.24, 2.45) is 0 Å². The lowest BCUT2D eigenvalue weighted by Crippen LogP contribution is -2.24. The van der Waals surface area contributed by atoms with Crippen LogP contribution in [0.3, 0.4) is 0 Å². The quantitative estimate of drug-likeness (QED) is 0.877. The Morgan fingerprint density at radius 1 is 1.33 bits per heavy atom. The van der Waals surface area contributed by atoms with Crippen LogP contribution in [0.1, 0.15) is 12.0 Å². The fraction of sp³-hybridized carbons (Fsp3) is 0.333. The summed E-state index contributed by atoms with van der Waals surface area (Å²) >= 11 is 0. The van der Waals surface area contributed by atoms with Crippen molar-refractivity contribution in [3.05, 3.63) is 36.0 Å². The van der Waals surface area contributed by atoms with Crippen molar-refractivity contribution in [1.82, 2.24) is 9.88 Å². The fourth-order valence-electron chi connectivity index (χ4n) is 2.59. The Morgan fingerprint density at radius 3 is 3.00 bits per heavy atom. The Kier molecular flexibility index (Phi) is 2.84. The van der Waals surface area contributed by atoms with Crippen molar-refractivity contribution in [3.8, 4) is 5.75 Å². The van der Waals surface area contributed by atoms with E-state index in [1.165, 1.54) is 16.5 Å². The second-order valence-electron chi connectivity index (χ2n) is 4.87. The molecule has 2 aromatic rings. The van der Waals surface area contributed by atoms with E-state index in [0.29, 0.717) is 0 Å². The van der Waals surface area contributed by atoms with Gasteiger partial charge in [-0.15, -0.1) is 0 Å². The van der Waals surface area contributed by atoms with Crippen molar-refractivity contribution < 1.29 is 4.74 Å². The second-order valence-corrected chi connectivity index (χ2v) is 4.87. The Bertz CT molecular complexity index is 598. The number of nitrogens with one attached hydrogen (secondary N) is 1. The van der Waals surface area contributed by atoms with E-state index in [0.717, 1.165) is 30.8 Å². The molecule has 0 radical (unpaired) electrons. The highest BCUT2D eigenvalue weighted by atomic mass is 16.5. The Labute approximate surface area is 107 Å². The van der Waals surface area contributed by atoms with Crippen LogP contribution in [0.2, 0.25) is 0 Å². The molecule has 0 unspecified atom stereocenters. The van der Waals surface area contributed by atoms with Gasteiger partial charge in [0.15, 0.2) is 0 Å². The standard InChI is InChI=1S/C15H18N2O/c1-17-7-3-4-11(10-17)14-9-16-15-8-12(18-2)5-6-13(14)15/h4-6,8-9,16H,3,7,10H2,1-2H3. The number of H-pyrrole nitrogens is 1. The highest BCUT2D eigenvalue weighted by molar-refractivity contribution is 5.93. The molecule has 1 N–H and O–H groups in total. The zero-order valence-corrected chi connectivity index (χ0v) is 10.9. The third-order valence-corrected chi connectivity index (χ3v) is 3.58. The van der Waals surface area contributed by atoms with E-state index in [4.69, 9.17) is 4.74 Å². The third-order valence-electron chi connectivity index (χ3n) is 3.58. The van der Waals surface area contributed by atoms with Crippen LogP contribution in [0.25, 0.3) is 16.5 Å². The van der Waals surface area contributed by atoms with Crippen molar-refractivity contribution in [1.29, 1.82) is 0 Å². The normalized spacial score (nSPS) is 16.9. The van der Waals surface area contributed by atoms with E-state index in [1.807, 2.05) is 12.1 Å². The van der Waals surface area contributed by atoms with Gasteiger partial charge in [-0.05, 0) is 31.2 Å². The molecule has 3 heteroatoms. The lowest BCUT2D eigenvalue weighted by Gasteiger charge is -2.22. The first-order valence-electron chi connectivity index (χ1n) is 6.31. The zero-order chi connectivity index (χ0) is 12.5. The second kappa shape index (κ2) is 4.50. The molecular formula is C15H18N2O. The van der Waals surface area contributed by atoms with Crippen molar-refractivity contribution in [2.75, 3.05) is 27.2 Å². The lowest BCUT2D eigenvalue weighted by atomic mass is 10.0. The minimum Gasteiger partial charge on any atom is -0.497 e. The van der Waals surface area contributed by atoms with Gasteiger partial charge in [-0.2, -0.15) is 0 Å². The molecule has 2 heterocycles. The molecule has 0 saturated heterocycles. The van der Waals surface area contributed by atoms with Gasteiger partial charge in [-0.25, -0.2) is 0 Å². The van der Waals surface area contributed by atoms with Crippen LogP contribution < -0.4 is 4.74 Å². The molecule has 18 heavy (non-hydrogen) atoms. The molecule has 94 valence electrons. The number of nitrogens with zero attached hydrogens (tertiary/aromatic N) is 1. The number of hydrogen-bond acceptors (Lipinski definition) is 2. The van der Waals surface area contributed by atoms with Crippen LogP contribution in [0, 0.1) is 0 Å². The van der Waals surface area contributed by atoms with Gasteiger partial charge in [-0.1, -0.05) is 6.08 Å². The summed E-state index contributed by atoms with van der Waals surface area (Å²) in [5.74, 6) is 0.894. The minimum atomic E-state index is 0.894. The third kappa shape index (κ3) is 1.91. The van der Waals surface area contributed by atoms with E-state index in [-0.39, 0.29) is 0 Å². The van der Waals surface area contributed by atoms with E-state index in [1.54, 1.807) is 7.11 Å². The number of fused-ring (bicyclic) bond motifs is 1. The zero-order valence-electron chi connectivity index (χ0n) is 10.9. The summed E-state index contributed by atoms with van der Waals surface area (Å²) in [6, 6.07) is 6.20. The van der Waals surface area contributed by atoms with Crippen molar-refractivity contribution in [2.45, 2.75) is 6.42 Å². The van der Waals surface area contributed by atoms with E-state index < -0.39 is 0 Å². The molecular weight excluding hydrogens is 224 g/mol. The maximum absolute atomic E-state index is 5.25. The number of rotatable bonds is 2. The van der Waals surface area contributed by atoms with E-state index >= 15 is 0 Å². The molecule has 3 nitrogen and oxygen atoms in total. The molecule has 1 aromatic carbocycles. The van der Waals surface area contributed by atoms with Gasteiger partial charge in [0, 0.05) is 41.8 Å². The Morgan fingerprint density at radius 2 is 2.22 bits per heavy atom. The summed E-state index contributed by atoms with van der Waals surface area (Å²) in [4.78, 5) is 5.69. The van der Waals surface area contributed by atoms with Gasteiger partial charge in [0.2, 0.25) is 0 Å². The maximum Gasteiger partial charge on any atom is 0.120 e. The highest BCUT2D eigenvalue weighted by Crippen LogP contribution is 2.29. The smallest absolute Gasteiger partial charge is 0.120 e. The molecule has 1 aliphatic heterocycles. The lowest BCUT2D eigenvalue weighted by molar-refractivity contribution is 0.373. The first kappa shape index (κ1) is 11.4. The van der Waals surface area contributed by atoms with Gasteiger partial charge < -0.3 is 14.6 Å². The SMILES string of the molecule is COc1ccc2c(C3=CCCN(C)C3)c[nH]c2c1. The minimum absolute atomic E-state index is 0.894. The van der Waals surface area contributed by atoms with Crippen LogP contribution in [0.15, 0.2) is 30.5 Å². The molecule has 0 aliphatic carbocycles. The number of hydrogen-bond donors (Lipinski definition) is 1. The van der Waals surface area contributed by atoms with Crippen LogP contribution in [-0.4, -0.2) is 37.1 Å². The topological polar surface area (TPSA) is 28.3 Å². The first-order chi connectivity index (χ1) is 8.78. The molecule has 0 fully saturated rings. The molecule has 0 spiro atoms. The molecule has 0 bridgehead atoms. The Balaban J connectivity index is 2.05. The van der Waals surface area contributed by atoms with E-state index in [9.17, 15) is 0 Å². The molecule has 1 aliphatic rings. The average molecular weight is 242 g/mol. The Hall–Kier alpha value is -1.74. The van der Waals surface area contributed by atoms with Crippen molar-refractivity contribution in [3.63, 3.8) is 0 Å². The number of methoxy groups -OCH3 is 1. The largest absolute Gasteiger partial charge is 0.497 e. The number of benzene rings is 1. The predicted octanol–water partition coefficient (Wildman–Crippen LogP) is 2.90. The molecule has 3 rings (SSSR count). The van der Waals surface area contributed by atoms with Crippen LogP contribution in [-0.2, 0) is 0 Å². The fourth-order valence-corrected chi connectivity index (χ4v) is 2.59. The number of aromatic nitrogens is 1. The monoisotopic (exact) mass is 242 g/mol. The summed E-state index contributed by atoms with van der Waals surface area (Å²) in [5.41, 5.74) is 3.87. The number of aromatic amines is 1.